The van der Waals surface area contributed by atoms with Crippen molar-refractivity contribution in [2.45, 2.75) is 9.50 Å². The molecule has 10 nitrogen and oxygen atoms in total. The minimum absolute atomic E-state index is 0.141. The molecule has 0 fully saturated rings. The third-order valence-corrected chi connectivity index (χ3v) is 9.67. The summed E-state index contributed by atoms with van der Waals surface area (Å²) in [4.78, 5) is 41.7. The summed E-state index contributed by atoms with van der Waals surface area (Å²) in [5, 5.41) is 15.2. The normalized spacial score (nSPS) is 10.9. The number of thioether (sulfide) groups is 2. The molecular weight excluding hydrogens is 641 g/mol. The number of aromatic nitrogens is 4. The second-order valence-electron chi connectivity index (χ2n) is 9.75. The van der Waals surface area contributed by atoms with Gasteiger partial charge >= 0.3 is 5.97 Å². The molecule has 0 atom stereocenters. The Morgan fingerprint density at radius 1 is 0.783 bits per heavy atom. The van der Waals surface area contributed by atoms with E-state index in [2.05, 4.69) is 25.8 Å². The van der Waals surface area contributed by atoms with Crippen LogP contribution >= 0.6 is 34.9 Å². The Morgan fingerprint density at radius 3 is 2.15 bits per heavy atom. The van der Waals surface area contributed by atoms with E-state index in [1.165, 1.54) is 42.0 Å². The molecule has 0 aliphatic heterocycles. The fraction of sp³-hybridized carbons (Fsp3) is 0.0909. The second-order valence-corrected chi connectivity index (χ2v) is 12.9. The van der Waals surface area contributed by atoms with Gasteiger partial charge in [-0.15, -0.1) is 21.5 Å². The minimum Gasteiger partial charge on any atom is -0.465 e. The Balaban J connectivity index is 1.06. The van der Waals surface area contributed by atoms with Gasteiger partial charge in [-0.1, -0.05) is 72.1 Å². The summed E-state index contributed by atoms with van der Waals surface area (Å²) in [6.07, 6.45) is 0. The molecule has 2 heterocycles. The van der Waals surface area contributed by atoms with Crippen LogP contribution in [-0.2, 0) is 14.3 Å². The van der Waals surface area contributed by atoms with Gasteiger partial charge in [-0.3, -0.25) is 14.2 Å². The van der Waals surface area contributed by atoms with Gasteiger partial charge in [0, 0.05) is 22.6 Å². The van der Waals surface area contributed by atoms with Crippen LogP contribution < -0.4 is 10.6 Å². The number of methoxy groups -OCH3 is 1. The van der Waals surface area contributed by atoms with Crippen molar-refractivity contribution >= 4 is 74.2 Å². The number of para-hydroxylation sites is 1. The molecule has 2 amide bonds. The number of nitrogens with one attached hydrogen (secondary N) is 2. The number of carbonyl (C=O) groups excluding carboxylic acids is 3. The van der Waals surface area contributed by atoms with Crippen molar-refractivity contribution in [3.8, 4) is 17.1 Å². The van der Waals surface area contributed by atoms with Gasteiger partial charge < -0.3 is 15.4 Å². The zero-order valence-corrected chi connectivity index (χ0v) is 26.8. The maximum absolute atomic E-state index is 13.0. The highest BCUT2D eigenvalue weighted by atomic mass is 32.2. The molecule has 13 heteroatoms. The number of hydrogen-bond donors (Lipinski definition) is 2. The predicted octanol–water partition coefficient (Wildman–Crippen LogP) is 6.79. The van der Waals surface area contributed by atoms with E-state index in [1.807, 2.05) is 83.4 Å². The molecule has 0 aliphatic rings. The number of rotatable bonds is 11. The number of amides is 2. The molecule has 2 N–H and O–H groups in total. The van der Waals surface area contributed by atoms with Crippen LogP contribution in [0.2, 0.25) is 0 Å². The molecule has 46 heavy (non-hydrogen) atoms. The molecular formula is C33H26N6O4S3. The molecule has 230 valence electrons. The monoisotopic (exact) mass is 666 g/mol. The van der Waals surface area contributed by atoms with Crippen LogP contribution in [0.5, 0.6) is 0 Å². The molecule has 0 bridgehead atoms. The van der Waals surface area contributed by atoms with Crippen LogP contribution in [0.1, 0.15) is 10.4 Å². The minimum atomic E-state index is -0.437. The Hall–Kier alpha value is -4.98. The number of ether oxygens (including phenoxy) is 1. The molecule has 6 rings (SSSR count). The van der Waals surface area contributed by atoms with Crippen molar-refractivity contribution in [1.29, 1.82) is 0 Å². The van der Waals surface area contributed by atoms with Crippen molar-refractivity contribution in [3.05, 3.63) is 109 Å². The average Bonchev–Trinajstić information content (AvgIpc) is 3.71. The number of nitrogens with zero attached hydrogens (tertiary/aromatic N) is 4. The lowest BCUT2D eigenvalue weighted by molar-refractivity contribution is -0.114. The van der Waals surface area contributed by atoms with Gasteiger partial charge in [0.05, 0.1) is 34.4 Å². The summed E-state index contributed by atoms with van der Waals surface area (Å²) in [5.41, 5.74) is 4.26. The zero-order valence-electron chi connectivity index (χ0n) is 24.4. The molecule has 2 aromatic heterocycles. The average molecular weight is 667 g/mol. The summed E-state index contributed by atoms with van der Waals surface area (Å²) in [5.74, 6) is 0.197. The van der Waals surface area contributed by atoms with Gasteiger partial charge in [-0.25, -0.2) is 9.78 Å². The SMILES string of the molecule is COC(=O)c1ccc(NC(=O)CSc2nc3ccc(NC(=O)CSc4nnc(-c5ccccc5)n4-c4ccccc4)cc3s2)cc1. The van der Waals surface area contributed by atoms with E-state index in [-0.39, 0.29) is 23.3 Å². The fourth-order valence-electron chi connectivity index (χ4n) is 4.45. The van der Waals surface area contributed by atoms with Crippen molar-refractivity contribution < 1.29 is 19.1 Å². The molecule has 0 unspecified atom stereocenters. The van der Waals surface area contributed by atoms with Crippen LogP contribution in [0.25, 0.3) is 27.3 Å². The van der Waals surface area contributed by atoms with Crippen molar-refractivity contribution in [3.63, 3.8) is 0 Å². The Kier molecular flexibility index (Phi) is 9.72. The second kappa shape index (κ2) is 14.4. The fourth-order valence-corrected chi connectivity index (χ4v) is 7.11. The summed E-state index contributed by atoms with van der Waals surface area (Å²) in [6, 6.07) is 31.7. The van der Waals surface area contributed by atoms with Crippen LogP contribution in [-0.4, -0.2) is 56.1 Å². The molecule has 6 aromatic rings. The Morgan fingerprint density at radius 2 is 1.43 bits per heavy atom. The van der Waals surface area contributed by atoms with Gasteiger partial charge in [-0.2, -0.15) is 0 Å². The Labute approximate surface area is 276 Å². The number of benzene rings is 4. The molecule has 0 radical (unpaired) electrons. The topological polar surface area (TPSA) is 128 Å². The van der Waals surface area contributed by atoms with Crippen molar-refractivity contribution in [2.24, 2.45) is 0 Å². The lowest BCUT2D eigenvalue weighted by Crippen LogP contribution is -2.14. The van der Waals surface area contributed by atoms with Crippen molar-refractivity contribution in [2.75, 3.05) is 29.2 Å². The lowest BCUT2D eigenvalue weighted by Gasteiger charge is -2.10. The van der Waals surface area contributed by atoms with Gasteiger partial charge in [0.25, 0.3) is 0 Å². The van der Waals surface area contributed by atoms with E-state index >= 15 is 0 Å². The predicted molar refractivity (Wildman–Crippen MR) is 183 cm³/mol. The van der Waals surface area contributed by atoms with Crippen LogP contribution in [0.3, 0.4) is 0 Å². The van der Waals surface area contributed by atoms with Crippen molar-refractivity contribution in [1.82, 2.24) is 19.7 Å². The first-order chi connectivity index (χ1) is 22.5. The molecule has 0 saturated carbocycles. The van der Waals surface area contributed by atoms with Gasteiger partial charge in [-0.05, 0) is 54.6 Å². The third kappa shape index (κ3) is 7.45. The number of anilines is 2. The zero-order chi connectivity index (χ0) is 31.9. The summed E-state index contributed by atoms with van der Waals surface area (Å²) >= 11 is 4.08. The molecule has 4 aromatic carbocycles. The summed E-state index contributed by atoms with van der Waals surface area (Å²) in [7, 11) is 1.32. The number of thiazole rings is 1. The highest BCUT2D eigenvalue weighted by Crippen LogP contribution is 2.32. The standard InChI is InChI=1S/C33H26N6O4S3/c1-43-31(42)22-12-14-23(15-13-22)34-29(41)20-45-33-36-26-17-16-24(18-27(26)46-33)35-28(40)19-44-32-38-37-30(21-8-4-2-5-9-21)39(32)25-10-6-3-7-11-25/h2-18H,19-20H2,1H3,(H,34,41)(H,35,40). The number of carbonyl (C=O) groups is 3. The largest absolute Gasteiger partial charge is 0.465 e. The summed E-state index contributed by atoms with van der Waals surface area (Å²) in [6.45, 7) is 0. The van der Waals surface area contributed by atoms with E-state index in [9.17, 15) is 14.4 Å². The molecule has 0 saturated heterocycles. The third-order valence-electron chi connectivity index (χ3n) is 6.58. The van der Waals surface area contributed by atoms with Gasteiger partial charge in [0.1, 0.15) is 0 Å². The van der Waals surface area contributed by atoms with E-state index in [0.29, 0.717) is 27.9 Å². The maximum atomic E-state index is 13.0. The quantitative estimate of drug-likeness (QED) is 0.113. The number of hydrogen-bond acceptors (Lipinski definition) is 10. The van der Waals surface area contributed by atoms with Crippen LogP contribution in [0.4, 0.5) is 11.4 Å². The number of fused-ring (bicyclic) bond motifs is 1. The Bertz CT molecular complexity index is 2000. The first-order valence-electron chi connectivity index (χ1n) is 14.0. The molecule has 0 spiro atoms. The highest BCUT2D eigenvalue weighted by Gasteiger charge is 2.18. The maximum Gasteiger partial charge on any atom is 0.337 e. The smallest absolute Gasteiger partial charge is 0.337 e. The highest BCUT2D eigenvalue weighted by molar-refractivity contribution is 8.01. The van der Waals surface area contributed by atoms with E-state index < -0.39 is 5.97 Å². The van der Waals surface area contributed by atoms with Crippen LogP contribution in [0, 0.1) is 0 Å². The van der Waals surface area contributed by atoms with Crippen LogP contribution in [0.15, 0.2) is 113 Å². The lowest BCUT2D eigenvalue weighted by atomic mass is 10.2. The van der Waals surface area contributed by atoms with E-state index in [4.69, 9.17) is 4.74 Å². The van der Waals surface area contributed by atoms with E-state index in [0.717, 1.165) is 25.8 Å². The first kappa shape index (κ1) is 31.0. The van der Waals surface area contributed by atoms with E-state index in [1.54, 1.807) is 24.3 Å². The van der Waals surface area contributed by atoms with Gasteiger partial charge in [0.2, 0.25) is 11.8 Å². The van der Waals surface area contributed by atoms with Gasteiger partial charge in [0.15, 0.2) is 15.3 Å². The molecule has 0 aliphatic carbocycles. The summed E-state index contributed by atoms with van der Waals surface area (Å²) < 4.78 is 8.28. The number of esters is 1. The first-order valence-corrected chi connectivity index (χ1v) is 16.8.